The van der Waals surface area contributed by atoms with E-state index in [1.54, 1.807) is 55.4 Å². The number of carbonyl (C=O) groups is 2. The van der Waals surface area contributed by atoms with Crippen molar-refractivity contribution in [2.24, 2.45) is 7.05 Å². The number of carbonyl (C=O) groups excluding carboxylic acids is 2. The van der Waals surface area contributed by atoms with E-state index in [9.17, 15) is 9.59 Å². The van der Waals surface area contributed by atoms with Crippen molar-refractivity contribution in [3.8, 4) is 5.75 Å². The number of rotatable bonds is 8. The van der Waals surface area contributed by atoms with Gasteiger partial charge in [0.25, 0.3) is 5.91 Å². The summed E-state index contributed by atoms with van der Waals surface area (Å²) in [5, 5.41) is 9.17. The van der Waals surface area contributed by atoms with E-state index >= 15 is 0 Å². The third kappa shape index (κ3) is 5.40. The number of benzene rings is 1. The summed E-state index contributed by atoms with van der Waals surface area (Å²) in [6, 6.07) is 8.39. The molecule has 0 unspecified atom stereocenters. The fourth-order valence-corrected chi connectivity index (χ4v) is 1.90. The lowest BCUT2D eigenvalue weighted by molar-refractivity contribution is -0.115. The summed E-state index contributed by atoms with van der Waals surface area (Å²) in [5.41, 5.74) is 0.413. The first-order chi connectivity index (χ1) is 11.6. The van der Waals surface area contributed by atoms with Gasteiger partial charge >= 0.3 is 0 Å². The lowest BCUT2D eigenvalue weighted by Gasteiger charge is -2.08. The Hall–Kier alpha value is -2.87. The Kier molecular flexibility index (Phi) is 6.32. The van der Waals surface area contributed by atoms with Gasteiger partial charge in [-0.1, -0.05) is 6.07 Å². The van der Waals surface area contributed by atoms with Crippen molar-refractivity contribution in [3.05, 3.63) is 42.1 Å². The molecule has 0 saturated heterocycles. The fourth-order valence-electron chi connectivity index (χ4n) is 1.90. The molecule has 0 radical (unpaired) electrons. The quantitative estimate of drug-likeness (QED) is 0.698. The molecule has 24 heavy (non-hydrogen) atoms. The molecule has 1 heterocycles. The average Bonchev–Trinajstić information content (AvgIpc) is 2.98. The first-order valence-electron chi connectivity index (χ1n) is 7.38. The van der Waals surface area contributed by atoms with Crippen LogP contribution in [-0.4, -0.2) is 48.5 Å². The third-order valence-electron chi connectivity index (χ3n) is 3.04. The molecule has 0 aliphatic rings. The zero-order valence-electron chi connectivity index (χ0n) is 13.6. The van der Waals surface area contributed by atoms with Crippen LogP contribution in [0.5, 0.6) is 5.75 Å². The highest BCUT2D eigenvalue weighted by molar-refractivity contribution is 5.99. The first-order valence-corrected chi connectivity index (χ1v) is 7.38. The van der Waals surface area contributed by atoms with E-state index in [2.05, 4.69) is 15.7 Å². The molecule has 2 N–H and O–H groups in total. The van der Waals surface area contributed by atoms with Gasteiger partial charge in [-0.25, -0.2) is 0 Å². The van der Waals surface area contributed by atoms with Crippen LogP contribution in [0, 0.1) is 0 Å². The molecule has 0 bridgehead atoms. The molecule has 2 rings (SSSR count). The molecule has 8 heteroatoms. The van der Waals surface area contributed by atoms with Crippen LogP contribution in [0.3, 0.4) is 0 Å². The molecule has 0 aliphatic carbocycles. The van der Waals surface area contributed by atoms with Gasteiger partial charge in [0, 0.05) is 32.0 Å². The standard InChI is InChI=1S/C16H20N4O4/c1-20-7-6-14(19-20)18-15(21)11-17-16(22)12-4-3-5-13(10-12)24-9-8-23-2/h3-7,10H,8-9,11H2,1-2H3,(H,17,22)(H,18,19,21). The van der Waals surface area contributed by atoms with Gasteiger partial charge in [0.05, 0.1) is 13.2 Å². The molecule has 1 aromatic carbocycles. The van der Waals surface area contributed by atoms with E-state index in [0.29, 0.717) is 30.3 Å². The minimum atomic E-state index is -0.358. The Morgan fingerprint density at radius 3 is 2.79 bits per heavy atom. The number of ether oxygens (including phenoxy) is 2. The van der Waals surface area contributed by atoms with Gasteiger partial charge in [-0.2, -0.15) is 5.10 Å². The largest absolute Gasteiger partial charge is 0.491 e. The number of aryl methyl sites for hydroxylation is 1. The van der Waals surface area contributed by atoms with E-state index in [-0.39, 0.29) is 18.4 Å². The van der Waals surface area contributed by atoms with Crippen LogP contribution >= 0.6 is 0 Å². The monoisotopic (exact) mass is 332 g/mol. The fraction of sp³-hybridized carbons (Fsp3) is 0.312. The molecule has 0 atom stereocenters. The van der Waals surface area contributed by atoms with Gasteiger partial charge in [0.15, 0.2) is 5.82 Å². The Balaban J connectivity index is 1.83. The van der Waals surface area contributed by atoms with Crippen LogP contribution in [-0.2, 0) is 16.6 Å². The number of amides is 2. The van der Waals surface area contributed by atoms with Crippen LogP contribution in [0.25, 0.3) is 0 Å². The predicted molar refractivity (Wildman–Crippen MR) is 88.0 cm³/mol. The normalized spacial score (nSPS) is 10.2. The second-order valence-electron chi connectivity index (χ2n) is 4.97. The molecular weight excluding hydrogens is 312 g/mol. The van der Waals surface area contributed by atoms with Crippen molar-refractivity contribution >= 4 is 17.6 Å². The molecular formula is C16H20N4O4. The minimum Gasteiger partial charge on any atom is -0.491 e. The Labute approximate surface area is 139 Å². The highest BCUT2D eigenvalue weighted by atomic mass is 16.5. The lowest BCUT2D eigenvalue weighted by Crippen LogP contribution is -2.33. The number of nitrogens with zero attached hydrogens (tertiary/aromatic N) is 2. The summed E-state index contributed by atoms with van der Waals surface area (Å²) in [7, 11) is 3.34. The summed E-state index contributed by atoms with van der Waals surface area (Å²) in [5.74, 6) is 0.292. The molecule has 0 saturated carbocycles. The van der Waals surface area contributed by atoms with E-state index < -0.39 is 0 Å². The van der Waals surface area contributed by atoms with E-state index in [0.717, 1.165) is 0 Å². The summed E-state index contributed by atoms with van der Waals surface area (Å²) in [6.45, 7) is 0.711. The van der Waals surface area contributed by atoms with Crippen molar-refractivity contribution in [2.45, 2.75) is 0 Å². The van der Waals surface area contributed by atoms with Crippen LogP contribution in [0.1, 0.15) is 10.4 Å². The van der Waals surface area contributed by atoms with E-state index in [1.165, 1.54) is 0 Å². The number of hydrogen-bond acceptors (Lipinski definition) is 5. The molecule has 0 aliphatic heterocycles. The topological polar surface area (TPSA) is 94.5 Å². The Bertz CT molecular complexity index is 699. The summed E-state index contributed by atoms with van der Waals surface area (Å²) < 4.78 is 11.9. The average molecular weight is 332 g/mol. The van der Waals surface area contributed by atoms with Gasteiger partial charge in [-0.15, -0.1) is 0 Å². The van der Waals surface area contributed by atoms with Crippen LogP contribution in [0.4, 0.5) is 5.82 Å². The minimum absolute atomic E-state index is 0.149. The predicted octanol–water partition coefficient (Wildman–Crippen LogP) is 0.814. The molecule has 0 spiro atoms. The number of aromatic nitrogens is 2. The van der Waals surface area contributed by atoms with Gasteiger partial charge in [0.1, 0.15) is 12.4 Å². The van der Waals surface area contributed by atoms with Crippen molar-refractivity contribution in [3.63, 3.8) is 0 Å². The number of hydrogen-bond donors (Lipinski definition) is 2. The smallest absolute Gasteiger partial charge is 0.251 e. The van der Waals surface area contributed by atoms with Crippen molar-refractivity contribution < 1.29 is 19.1 Å². The van der Waals surface area contributed by atoms with E-state index in [1.807, 2.05) is 0 Å². The summed E-state index contributed by atoms with van der Waals surface area (Å²) in [4.78, 5) is 23.9. The second-order valence-corrected chi connectivity index (χ2v) is 4.97. The van der Waals surface area contributed by atoms with Crippen molar-refractivity contribution in [1.29, 1.82) is 0 Å². The van der Waals surface area contributed by atoms with Gasteiger partial charge in [0.2, 0.25) is 5.91 Å². The Morgan fingerprint density at radius 1 is 1.25 bits per heavy atom. The molecule has 8 nitrogen and oxygen atoms in total. The molecule has 2 aromatic rings. The van der Waals surface area contributed by atoms with Crippen LogP contribution in [0.2, 0.25) is 0 Å². The van der Waals surface area contributed by atoms with Gasteiger partial charge in [-0.3, -0.25) is 14.3 Å². The van der Waals surface area contributed by atoms with Crippen LogP contribution in [0.15, 0.2) is 36.5 Å². The number of anilines is 1. The Morgan fingerprint density at radius 2 is 2.08 bits per heavy atom. The lowest BCUT2D eigenvalue weighted by atomic mass is 10.2. The maximum absolute atomic E-state index is 12.1. The third-order valence-corrected chi connectivity index (χ3v) is 3.04. The molecule has 128 valence electrons. The highest BCUT2D eigenvalue weighted by Crippen LogP contribution is 2.13. The summed E-state index contributed by atoms with van der Waals surface area (Å²) >= 11 is 0. The summed E-state index contributed by atoms with van der Waals surface area (Å²) in [6.07, 6.45) is 1.71. The number of nitrogens with one attached hydrogen (secondary N) is 2. The van der Waals surface area contributed by atoms with Gasteiger partial charge in [-0.05, 0) is 18.2 Å². The van der Waals surface area contributed by atoms with Gasteiger partial charge < -0.3 is 20.1 Å². The first kappa shape index (κ1) is 17.5. The zero-order valence-corrected chi connectivity index (χ0v) is 13.6. The maximum atomic E-state index is 12.1. The van der Waals surface area contributed by atoms with Crippen molar-refractivity contribution in [2.75, 3.05) is 32.2 Å². The number of methoxy groups -OCH3 is 1. The maximum Gasteiger partial charge on any atom is 0.251 e. The molecule has 2 amide bonds. The zero-order chi connectivity index (χ0) is 17.4. The molecule has 1 aromatic heterocycles. The van der Waals surface area contributed by atoms with E-state index in [4.69, 9.17) is 9.47 Å². The second kappa shape index (κ2) is 8.68. The van der Waals surface area contributed by atoms with Crippen LogP contribution < -0.4 is 15.4 Å². The SMILES string of the molecule is COCCOc1cccc(C(=O)NCC(=O)Nc2ccn(C)n2)c1. The highest BCUT2D eigenvalue weighted by Gasteiger charge is 2.10. The molecule has 0 fully saturated rings. The van der Waals surface area contributed by atoms with Crippen molar-refractivity contribution in [1.82, 2.24) is 15.1 Å².